The van der Waals surface area contributed by atoms with Crippen LogP contribution < -0.4 is 10.1 Å². The van der Waals surface area contributed by atoms with Crippen LogP contribution in [0.1, 0.15) is 5.56 Å². The van der Waals surface area contributed by atoms with E-state index in [2.05, 4.69) is 29.2 Å². The number of benzene rings is 3. The molecule has 0 saturated heterocycles. The van der Waals surface area contributed by atoms with Crippen molar-refractivity contribution in [2.45, 2.75) is 0 Å². The first-order valence-electron chi connectivity index (χ1n) is 8.37. The van der Waals surface area contributed by atoms with E-state index in [4.69, 9.17) is 0 Å². The van der Waals surface area contributed by atoms with Gasteiger partial charge in [-0.1, -0.05) is 78.1 Å². The van der Waals surface area contributed by atoms with Gasteiger partial charge in [-0.2, -0.15) is 0 Å². The Balaban J connectivity index is 1.60. The van der Waals surface area contributed by atoms with Crippen molar-refractivity contribution >= 4 is 33.4 Å². The van der Waals surface area contributed by atoms with Gasteiger partial charge in [0.1, 0.15) is 0 Å². The standard InChI is InChI=1S/C22H14N2OS/c25-21-20(26-22-23-18-8-4-5-9-19(18)24(21)22)14-15-10-12-17(13-11-15)16-6-2-1-3-7-16/h1-14H/b20-14-. The van der Waals surface area contributed by atoms with Crippen molar-refractivity contribution in [1.82, 2.24) is 9.38 Å². The van der Waals surface area contributed by atoms with Gasteiger partial charge in [0.15, 0.2) is 4.96 Å². The Morgan fingerprint density at radius 2 is 1.50 bits per heavy atom. The molecule has 0 spiro atoms. The SMILES string of the molecule is O=c1/c(=C/c2ccc(-c3ccccc3)cc2)sc2nc3ccccc3n12. The number of para-hydroxylation sites is 2. The summed E-state index contributed by atoms with van der Waals surface area (Å²) in [6, 6.07) is 26.2. The summed E-state index contributed by atoms with van der Waals surface area (Å²) in [6.45, 7) is 0. The Kier molecular flexibility index (Phi) is 3.43. The molecule has 3 aromatic carbocycles. The van der Waals surface area contributed by atoms with Crippen LogP contribution in [0.4, 0.5) is 0 Å². The molecule has 4 heteroatoms. The van der Waals surface area contributed by atoms with Crippen molar-refractivity contribution in [1.29, 1.82) is 0 Å². The molecule has 0 N–H and O–H groups in total. The van der Waals surface area contributed by atoms with Crippen molar-refractivity contribution in [2.24, 2.45) is 0 Å². The molecule has 0 unspecified atom stereocenters. The van der Waals surface area contributed by atoms with Crippen molar-refractivity contribution in [3.05, 3.63) is 99.3 Å². The molecule has 5 rings (SSSR count). The predicted molar refractivity (Wildman–Crippen MR) is 108 cm³/mol. The molecular formula is C22H14N2OS. The summed E-state index contributed by atoms with van der Waals surface area (Å²) in [5, 5.41) is 0. The maximum Gasteiger partial charge on any atom is 0.274 e. The molecule has 26 heavy (non-hydrogen) atoms. The highest BCUT2D eigenvalue weighted by Crippen LogP contribution is 2.20. The summed E-state index contributed by atoms with van der Waals surface area (Å²) >= 11 is 1.43. The lowest BCUT2D eigenvalue weighted by Crippen LogP contribution is -2.22. The topological polar surface area (TPSA) is 34.4 Å². The third kappa shape index (κ3) is 2.43. The third-order valence-corrected chi connectivity index (χ3v) is 5.43. The van der Waals surface area contributed by atoms with Crippen LogP contribution in [0.5, 0.6) is 0 Å². The lowest BCUT2D eigenvalue weighted by Gasteiger charge is -2.01. The van der Waals surface area contributed by atoms with Crippen molar-refractivity contribution in [3.63, 3.8) is 0 Å². The zero-order chi connectivity index (χ0) is 17.5. The van der Waals surface area contributed by atoms with Crippen LogP contribution >= 0.6 is 11.3 Å². The Morgan fingerprint density at radius 3 is 2.31 bits per heavy atom. The minimum atomic E-state index is -0.00849. The van der Waals surface area contributed by atoms with E-state index >= 15 is 0 Å². The molecule has 0 bridgehead atoms. The number of imidazole rings is 1. The molecule has 2 aromatic heterocycles. The quantitative estimate of drug-likeness (QED) is 0.478. The number of nitrogens with zero attached hydrogens (tertiary/aromatic N) is 2. The maximum absolute atomic E-state index is 12.8. The molecule has 0 saturated carbocycles. The highest BCUT2D eigenvalue weighted by Gasteiger charge is 2.10. The molecule has 0 radical (unpaired) electrons. The Morgan fingerprint density at radius 1 is 0.808 bits per heavy atom. The molecule has 0 aliphatic heterocycles. The number of aromatic nitrogens is 2. The molecule has 3 nitrogen and oxygen atoms in total. The molecule has 0 amide bonds. The number of rotatable bonds is 2. The summed E-state index contributed by atoms with van der Waals surface area (Å²) < 4.78 is 2.40. The van der Waals surface area contributed by atoms with Gasteiger partial charge in [-0.3, -0.25) is 4.79 Å². The zero-order valence-electron chi connectivity index (χ0n) is 13.8. The highest BCUT2D eigenvalue weighted by molar-refractivity contribution is 7.15. The molecular weight excluding hydrogens is 340 g/mol. The summed E-state index contributed by atoms with van der Waals surface area (Å²) in [7, 11) is 0. The van der Waals surface area contributed by atoms with E-state index in [1.165, 1.54) is 16.9 Å². The first-order valence-corrected chi connectivity index (χ1v) is 9.18. The van der Waals surface area contributed by atoms with Crippen LogP contribution in [0.3, 0.4) is 0 Å². The molecule has 0 aliphatic rings. The number of fused-ring (bicyclic) bond motifs is 3. The molecule has 5 aromatic rings. The minimum Gasteiger partial charge on any atom is -0.267 e. The third-order valence-electron chi connectivity index (χ3n) is 4.46. The summed E-state index contributed by atoms with van der Waals surface area (Å²) in [5.74, 6) is 0. The van der Waals surface area contributed by atoms with Gasteiger partial charge in [-0.05, 0) is 34.9 Å². The fourth-order valence-corrected chi connectivity index (χ4v) is 4.15. The lowest BCUT2D eigenvalue weighted by atomic mass is 10.0. The average molecular weight is 354 g/mol. The first kappa shape index (κ1) is 15.0. The van der Waals surface area contributed by atoms with Crippen LogP contribution in [0.15, 0.2) is 83.7 Å². The van der Waals surface area contributed by atoms with Crippen LogP contribution in [0.2, 0.25) is 0 Å². The van der Waals surface area contributed by atoms with Gasteiger partial charge >= 0.3 is 0 Å². The van der Waals surface area contributed by atoms with Gasteiger partial charge in [0.2, 0.25) is 0 Å². The first-order chi connectivity index (χ1) is 12.8. The van der Waals surface area contributed by atoms with E-state index in [-0.39, 0.29) is 5.56 Å². The fourth-order valence-electron chi connectivity index (χ4n) is 3.17. The second kappa shape index (κ2) is 5.93. The summed E-state index contributed by atoms with van der Waals surface area (Å²) in [5.41, 5.74) is 5.07. The molecule has 0 aliphatic carbocycles. The van der Waals surface area contributed by atoms with Gasteiger partial charge in [-0.15, -0.1) is 0 Å². The van der Waals surface area contributed by atoms with Crippen LogP contribution in [-0.4, -0.2) is 9.38 Å². The summed E-state index contributed by atoms with van der Waals surface area (Å²) in [4.78, 5) is 18.1. The fraction of sp³-hybridized carbons (Fsp3) is 0. The zero-order valence-corrected chi connectivity index (χ0v) is 14.6. The van der Waals surface area contributed by atoms with Gasteiger partial charge < -0.3 is 0 Å². The summed E-state index contributed by atoms with van der Waals surface area (Å²) in [6.07, 6.45) is 1.94. The average Bonchev–Trinajstić information content (AvgIpc) is 3.20. The number of thiazole rings is 1. The molecule has 2 heterocycles. The maximum atomic E-state index is 12.8. The van der Waals surface area contributed by atoms with E-state index in [1.807, 2.05) is 60.7 Å². The molecule has 0 atom stereocenters. The Labute approximate surface area is 153 Å². The second-order valence-electron chi connectivity index (χ2n) is 6.12. The van der Waals surface area contributed by atoms with Gasteiger partial charge in [0.25, 0.3) is 5.56 Å². The van der Waals surface area contributed by atoms with E-state index in [1.54, 1.807) is 4.40 Å². The van der Waals surface area contributed by atoms with E-state index in [9.17, 15) is 4.79 Å². The highest BCUT2D eigenvalue weighted by atomic mass is 32.1. The molecule has 0 fully saturated rings. The van der Waals surface area contributed by atoms with E-state index in [0.29, 0.717) is 4.53 Å². The predicted octanol–water partition coefficient (Wildman–Crippen LogP) is 4.12. The van der Waals surface area contributed by atoms with Crippen LogP contribution in [0, 0.1) is 0 Å². The van der Waals surface area contributed by atoms with Crippen molar-refractivity contribution < 1.29 is 0 Å². The van der Waals surface area contributed by atoms with Crippen molar-refractivity contribution in [2.75, 3.05) is 0 Å². The Hall–Kier alpha value is -3.24. The van der Waals surface area contributed by atoms with E-state index < -0.39 is 0 Å². The Bertz CT molecular complexity index is 1330. The second-order valence-corrected chi connectivity index (χ2v) is 7.13. The largest absolute Gasteiger partial charge is 0.274 e. The normalized spacial score (nSPS) is 12.2. The lowest BCUT2D eigenvalue weighted by molar-refractivity contribution is 1.19. The van der Waals surface area contributed by atoms with E-state index in [0.717, 1.165) is 27.1 Å². The van der Waals surface area contributed by atoms with Crippen molar-refractivity contribution in [3.8, 4) is 11.1 Å². The van der Waals surface area contributed by atoms with Gasteiger partial charge in [-0.25, -0.2) is 9.38 Å². The number of hydrogen-bond donors (Lipinski definition) is 0. The van der Waals surface area contributed by atoms with Crippen LogP contribution in [0.25, 0.3) is 33.2 Å². The number of hydrogen-bond acceptors (Lipinski definition) is 3. The smallest absolute Gasteiger partial charge is 0.267 e. The molecule has 124 valence electrons. The van der Waals surface area contributed by atoms with Gasteiger partial charge in [0, 0.05) is 0 Å². The minimum absolute atomic E-state index is 0.00849. The monoisotopic (exact) mass is 354 g/mol. The van der Waals surface area contributed by atoms with Crippen LogP contribution in [-0.2, 0) is 0 Å². The van der Waals surface area contributed by atoms with Gasteiger partial charge in [0.05, 0.1) is 15.6 Å².